The predicted octanol–water partition coefficient (Wildman–Crippen LogP) is 5.25. The van der Waals surface area contributed by atoms with Crippen molar-refractivity contribution in [3.8, 4) is 5.69 Å². The number of anilines is 1. The van der Waals surface area contributed by atoms with Crippen molar-refractivity contribution in [1.82, 2.24) is 19.9 Å². The highest BCUT2D eigenvalue weighted by molar-refractivity contribution is 5.94. The van der Waals surface area contributed by atoms with Crippen molar-refractivity contribution in [1.29, 1.82) is 0 Å². The Bertz CT molecular complexity index is 1150. The minimum Gasteiger partial charge on any atom is -0.354 e. The third-order valence-electron chi connectivity index (χ3n) is 5.81. The molecule has 0 unspecified atom stereocenters. The highest BCUT2D eigenvalue weighted by Gasteiger charge is 2.13. The number of benzene rings is 1. The number of unbranched alkanes of at least 4 members (excludes halogenated alkanes) is 5. The van der Waals surface area contributed by atoms with E-state index in [4.69, 9.17) is 0 Å². The molecule has 0 saturated heterocycles. The van der Waals surface area contributed by atoms with E-state index >= 15 is 0 Å². The first-order valence-corrected chi connectivity index (χ1v) is 12.4. The predicted molar refractivity (Wildman–Crippen MR) is 139 cm³/mol. The standard InChI is InChI=1S/C27H37N5O2/c1-5-6-7-8-9-10-17-28-26(34)21-11-13-22(14-12-21)32-24(33)16-15-23-20(4)30-27(31-25(23)32)29-18-19(2)3/h11-16,19H,5-10,17-18H2,1-4H3,(H,28,34)(H,29,30,31). The van der Waals surface area contributed by atoms with E-state index in [1.807, 2.05) is 6.92 Å². The summed E-state index contributed by atoms with van der Waals surface area (Å²) >= 11 is 0. The maximum absolute atomic E-state index is 12.8. The van der Waals surface area contributed by atoms with Crippen molar-refractivity contribution in [2.45, 2.75) is 66.2 Å². The molecule has 182 valence electrons. The average molecular weight is 464 g/mol. The number of pyridine rings is 1. The number of carbonyl (C=O) groups is 1. The van der Waals surface area contributed by atoms with E-state index < -0.39 is 0 Å². The van der Waals surface area contributed by atoms with Gasteiger partial charge in [-0.3, -0.25) is 14.2 Å². The molecule has 0 radical (unpaired) electrons. The van der Waals surface area contributed by atoms with Gasteiger partial charge in [-0.25, -0.2) is 4.98 Å². The third-order valence-corrected chi connectivity index (χ3v) is 5.81. The van der Waals surface area contributed by atoms with Crippen LogP contribution in [0.3, 0.4) is 0 Å². The van der Waals surface area contributed by atoms with Crippen LogP contribution in [0.5, 0.6) is 0 Å². The minimum atomic E-state index is -0.180. The Labute approximate surface area is 202 Å². The topological polar surface area (TPSA) is 88.9 Å². The second-order valence-corrected chi connectivity index (χ2v) is 9.22. The number of rotatable bonds is 12. The highest BCUT2D eigenvalue weighted by Crippen LogP contribution is 2.19. The number of hydrogen-bond donors (Lipinski definition) is 2. The molecule has 0 fully saturated rings. The quantitative estimate of drug-likeness (QED) is 0.358. The Morgan fingerprint density at radius 3 is 2.38 bits per heavy atom. The smallest absolute Gasteiger partial charge is 0.256 e. The van der Waals surface area contributed by atoms with Crippen molar-refractivity contribution in [2.24, 2.45) is 5.92 Å². The summed E-state index contributed by atoms with van der Waals surface area (Å²) in [5.41, 5.74) is 2.41. The van der Waals surface area contributed by atoms with Gasteiger partial charge in [0, 0.05) is 30.1 Å². The van der Waals surface area contributed by atoms with Gasteiger partial charge in [-0.05, 0) is 49.6 Å². The summed E-state index contributed by atoms with van der Waals surface area (Å²) in [6.07, 6.45) is 7.12. The van der Waals surface area contributed by atoms with Gasteiger partial charge < -0.3 is 10.6 Å². The Kier molecular flexibility index (Phi) is 9.19. The van der Waals surface area contributed by atoms with Crippen LogP contribution in [0.15, 0.2) is 41.2 Å². The Morgan fingerprint density at radius 1 is 0.971 bits per heavy atom. The number of nitrogens with one attached hydrogen (secondary N) is 2. The van der Waals surface area contributed by atoms with E-state index in [0.717, 1.165) is 30.5 Å². The molecule has 0 saturated carbocycles. The van der Waals surface area contributed by atoms with Crippen LogP contribution in [0, 0.1) is 12.8 Å². The summed E-state index contributed by atoms with van der Waals surface area (Å²) < 4.78 is 1.57. The lowest BCUT2D eigenvalue weighted by atomic mass is 10.1. The fourth-order valence-electron chi connectivity index (χ4n) is 3.86. The molecule has 3 aromatic rings. The van der Waals surface area contributed by atoms with E-state index in [2.05, 4.69) is 41.4 Å². The summed E-state index contributed by atoms with van der Waals surface area (Å²) in [6, 6.07) is 10.4. The molecule has 1 amide bonds. The van der Waals surface area contributed by atoms with Gasteiger partial charge >= 0.3 is 0 Å². The second kappa shape index (κ2) is 12.3. The van der Waals surface area contributed by atoms with Gasteiger partial charge in [-0.15, -0.1) is 0 Å². The molecule has 7 nitrogen and oxygen atoms in total. The first-order chi connectivity index (χ1) is 16.4. The number of amides is 1. The van der Waals surface area contributed by atoms with Gasteiger partial charge in [0.2, 0.25) is 5.95 Å². The van der Waals surface area contributed by atoms with E-state index in [0.29, 0.717) is 35.3 Å². The molecule has 0 spiro atoms. The molecule has 2 aromatic heterocycles. The zero-order valence-corrected chi connectivity index (χ0v) is 20.9. The molecule has 3 rings (SSSR count). The van der Waals surface area contributed by atoms with Gasteiger partial charge in [-0.1, -0.05) is 52.9 Å². The van der Waals surface area contributed by atoms with E-state index in [-0.39, 0.29) is 11.5 Å². The molecule has 1 aromatic carbocycles. The Morgan fingerprint density at radius 2 is 1.68 bits per heavy atom. The lowest BCUT2D eigenvalue weighted by Gasteiger charge is -2.14. The van der Waals surface area contributed by atoms with Crippen molar-refractivity contribution in [3.05, 3.63) is 58.0 Å². The number of carbonyl (C=O) groups excluding carboxylic acids is 1. The number of nitrogens with zero attached hydrogens (tertiary/aromatic N) is 3. The van der Waals surface area contributed by atoms with Crippen LogP contribution >= 0.6 is 0 Å². The van der Waals surface area contributed by atoms with Gasteiger partial charge in [-0.2, -0.15) is 4.98 Å². The van der Waals surface area contributed by atoms with Crippen molar-refractivity contribution in [2.75, 3.05) is 18.4 Å². The lowest BCUT2D eigenvalue weighted by molar-refractivity contribution is 0.0953. The van der Waals surface area contributed by atoms with Crippen LogP contribution in [0.25, 0.3) is 16.7 Å². The number of aryl methyl sites for hydroxylation is 1. The van der Waals surface area contributed by atoms with Crippen LogP contribution in [0.4, 0.5) is 5.95 Å². The zero-order chi connectivity index (χ0) is 24.5. The fourth-order valence-corrected chi connectivity index (χ4v) is 3.86. The first kappa shape index (κ1) is 25.4. The van der Waals surface area contributed by atoms with E-state index in [1.54, 1.807) is 34.9 Å². The van der Waals surface area contributed by atoms with Crippen LogP contribution < -0.4 is 16.2 Å². The fraction of sp³-hybridized carbons (Fsp3) is 0.481. The molecule has 2 heterocycles. The van der Waals surface area contributed by atoms with Gasteiger partial charge in [0.15, 0.2) is 5.65 Å². The summed E-state index contributed by atoms with van der Waals surface area (Å²) in [4.78, 5) is 34.5. The summed E-state index contributed by atoms with van der Waals surface area (Å²) in [5.74, 6) is 0.852. The Hall–Kier alpha value is -3.22. The van der Waals surface area contributed by atoms with Crippen molar-refractivity contribution in [3.63, 3.8) is 0 Å². The van der Waals surface area contributed by atoms with Crippen LogP contribution in [0.2, 0.25) is 0 Å². The van der Waals surface area contributed by atoms with Crippen molar-refractivity contribution >= 4 is 22.9 Å². The lowest BCUT2D eigenvalue weighted by Crippen LogP contribution is -2.24. The SMILES string of the molecule is CCCCCCCCNC(=O)c1ccc(-n2c(=O)ccc3c(C)nc(NCC(C)C)nc32)cc1. The van der Waals surface area contributed by atoms with E-state index in [9.17, 15) is 9.59 Å². The molecule has 0 aliphatic heterocycles. The van der Waals surface area contributed by atoms with Crippen LogP contribution in [-0.4, -0.2) is 33.5 Å². The molecule has 0 bridgehead atoms. The van der Waals surface area contributed by atoms with Gasteiger partial charge in [0.25, 0.3) is 11.5 Å². The maximum atomic E-state index is 12.8. The van der Waals surface area contributed by atoms with Crippen LogP contribution in [-0.2, 0) is 0 Å². The minimum absolute atomic E-state index is 0.0938. The highest BCUT2D eigenvalue weighted by atomic mass is 16.1. The number of fused-ring (bicyclic) bond motifs is 1. The number of hydrogen-bond acceptors (Lipinski definition) is 5. The Balaban J connectivity index is 1.76. The number of aromatic nitrogens is 3. The molecule has 2 N–H and O–H groups in total. The van der Waals surface area contributed by atoms with Crippen LogP contribution in [0.1, 0.15) is 75.3 Å². The molecular weight excluding hydrogens is 426 g/mol. The summed E-state index contributed by atoms with van der Waals surface area (Å²) in [6.45, 7) is 9.77. The largest absolute Gasteiger partial charge is 0.354 e. The molecule has 0 atom stereocenters. The first-order valence-electron chi connectivity index (χ1n) is 12.4. The maximum Gasteiger partial charge on any atom is 0.256 e. The third kappa shape index (κ3) is 6.65. The molecule has 0 aliphatic carbocycles. The molecule has 7 heteroatoms. The molecular formula is C27H37N5O2. The van der Waals surface area contributed by atoms with Gasteiger partial charge in [0.05, 0.1) is 11.4 Å². The van der Waals surface area contributed by atoms with Gasteiger partial charge in [0.1, 0.15) is 0 Å². The zero-order valence-electron chi connectivity index (χ0n) is 20.9. The monoisotopic (exact) mass is 463 g/mol. The average Bonchev–Trinajstić information content (AvgIpc) is 2.82. The van der Waals surface area contributed by atoms with Crippen molar-refractivity contribution < 1.29 is 4.79 Å². The summed E-state index contributed by atoms with van der Waals surface area (Å²) in [7, 11) is 0. The normalized spacial score (nSPS) is 11.2. The second-order valence-electron chi connectivity index (χ2n) is 9.22. The molecule has 0 aliphatic rings. The summed E-state index contributed by atoms with van der Waals surface area (Å²) in [5, 5.41) is 7.05. The molecule has 34 heavy (non-hydrogen) atoms. The van der Waals surface area contributed by atoms with E-state index in [1.165, 1.54) is 31.7 Å².